The van der Waals surface area contributed by atoms with Crippen LogP contribution in [0.3, 0.4) is 0 Å². The van der Waals surface area contributed by atoms with Gasteiger partial charge in [-0.15, -0.1) is 0 Å². The van der Waals surface area contributed by atoms with E-state index in [9.17, 15) is 8.42 Å². The van der Waals surface area contributed by atoms with Crippen LogP contribution in [-0.2, 0) is 15.8 Å². The molecular weight excluding hydrogens is 304 g/mol. The van der Waals surface area contributed by atoms with Gasteiger partial charge in [0, 0.05) is 12.1 Å². The van der Waals surface area contributed by atoms with Crippen molar-refractivity contribution in [3.05, 3.63) is 35.4 Å². The van der Waals surface area contributed by atoms with Crippen molar-refractivity contribution in [2.75, 3.05) is 6.54 Å². The molecule has 0 saturated heterocycles. The number of benzene rings is 1. The Bertz CT molecular complexity index is 614. The highest BCUT2D eigenvalue weighted by Gasteiger charge is 2.24. The predicted molar refractivity (Wildman–Crippen MR) is 89.5 cm³/mol. The summed E-state index contributed by atoms with van der Waals surface area (Å²) >= 11 is 4.91. The topological polar surface area (TPSA) is 72.2 Å². The molecule has 116 valence electrons. The van der Waals surface area contributed by atoms with E-state index in [2.05, 4.69) is 11.6 Å². The van der Waals surface area contributed by atoms with E-state index in [1.54, 1.807) is 24.3 Å². The summed E-state index contributed by atoms with van der Waals surface area (Å²) in [5, 5.41) is 0. The Balaban J connectivity index is 1.97. The summed E-state index contributed by atoms with van der Waals surface area (Å²) < 4.78 is 27.1. The van der Waals surface area contributed by atoms with E-state index in [0.717, 1.165) is 6.42 Å². The highest BCUT2D eigenvalue weighted by atomic mass is 32.2. The zero-order chi connectivity index (χ0) is 15.5. The van der Waals surface area contributed by atoms with E-state index in [1.165, 1.54) is 12.8 Å². The highest BCUT2D eigenvalue weighted by molar-refractivity contribution is 7.88. The van der Waals surface area contributed by atoms with Gasteiger partial charge in [0.2, 0.25) is 10.0 Å². The van der Waals surface area contributed by atoms with Crippen LogP contribution < -0.4 is 10.5 Å². The Labute approximate surface area is 132 Å². The first-order chi connectivity index (χ1) is 9.87. The molecule has 1 aliphatic rings. The van der Waals surface area contributed by atoms with Crippen molar-refractivity contribution in [3.63, 3.8) is 0 Å². The van der Waals surface area contributed by atoms with Crippen LogP contribution in [0.15, 0.2) is 24.3 Å². The molecule has 4 nitrogen and oxygen atoms in total. The molecular formula is C15H22N2O2S2. The minimum Gasteiger partial charge on any atom is -0.389 e. The normalized spacial score (nSPS) is 22.3. The molecule has 0 aromatic heterocycles. The van der Waals surface area contributed by atoms with Crippen LogP contribution in [0.1, 0.15) is 37.3 Å². The van der Waals surface area contributed by atoms with Crippen LogP contribution >= 0.6 is 12.2 Å². The van der Waals surface area contributed by atoms with Crippen molar-refractivity contribution in [1.82, 2.24) is 4.72 Å². The third kappa shape index (κ3) is 4.76. The first-order valence-corrected chi connectivity index (χ1v) is 9.29. The molecule has 1 saturated carbocycles. The molecule has 1 aromatic carbocycles. The predicted octanol–water partition coefficient (Wildman–Crippen LogP) is 2.18. The number of hydrogen-bond acceptors (Lipinski definition) is 3. The van der Waals surface area contributed by atoms with E-state index in [-0.39, 0.29) is 10.7 Å². The van der Waals surface area contributed by atoms with Crippen molar-refractivity contribution in [2.24, 2.45) is 17.6 Å². The summed E-state index contributed by atoms with van der Waals surface area (Å²) in [5.74, 6) is 1.03. The molecule has 0 bridgehead atoms. The number of rotatable bonds is 6. The van der Waals surface area contributed by atoms with Crippen molar-refractivity contribution >= 4 is 27.2 Å². The van der Waals surface area contributed by atoms with Crippen molar-refractivity contribution < 1.29 is 8.42 Å². The number of nitrogens with two attached hydrogens (primary N) is 1. The van der Waals surface area contributed by atoms with Gasteiger partial charge in [0.15, 0.2) is 0 Å². The maximum absolute atomic E-state index is 12.2. The number of nitrogens with one attached hydrogen (secondary N) is 1. The monoisotopic (exact) mass is 326 g/mol. The largest absolute Gasteiger partial charge is 0.389 e. The molecule has 0 heterocycles. The van der Waals surface area contributed by atoms with E-state index < -0.39 is 10.0 Å². The molecule has 6 heteroatoms. The quantitative estimate of drug-likeness (QED) is 0.786. The Morgan fingerprint density at radius 3 is 2.81 bits per heavy atom. The molecule has 0 amide bonds. The summed E-state index contributed by atoms with van der Waals surface area (Å²) in [5.41, 5.74) is 6.97. The van der Waals surface area contributed by atoms with Crippen molar-refractivity contribution in [2.45, 2.75) is 31.9 Å². The van der Waals surface area contributed by atoms with E-state index >= 15 is 0 Å². The van der Waals surface area contributed by atoms with Gasteiger partial charge in [-0.05, 0) is 29.9 Å². The van der Waals surface area contributed by atoms with Crippen LogP contribution in [0, 0.1) is 11.8 Å². The van der Waals surface area contributed by atoms with Gasteiger partial charge < -0.3 is 5.73 Å². The molecule has 2 atom stereocenters. The van der Waals surface area contributed by atoms with Crippen LogP contribution in [0.5, 0.6) is 0 Å². The van der Waals surface area contributed by atoms with Crippen LogP contribution in [0.4, 0.5) is 0 Å². The molecule has 21 heavy (non-hydrogen) atoms. The second-order valence-electron chi connectivity index (χ2n) is 5.84. The molecule has 3 N–H and O–H groups in total. The fourth-order valence-corrected chi connectivity index (χ4v) is 4.16. The van der Waals surface area contributed by atoms with Gasteiger partial charge in [-0.2, -0.15) is 0 Å². The van der Waals surface area contributed by atoms with Crippen LogP contribution in [0.25, 0.3) is 0 Å². The zero-order valence-corrected chi connectivity index (χ0v) is 13.8. The SMILES string of the molecule is CC1CCCC1CNS(=O)(=O)Cc1cccc(C(N)=S)c1. The van der Waals surface area contributed by atoms with E-state index in [1.807, 2.05) is 0 Å². The minimum atomic E-state index is -3.32. The Hall–Kier alpha value is -0.980. The first-order valence-electron chi connectivity index (χ1n) is 7.23. The first kappa shape index (κ1) is 16.4. The third-order valence-corrected chi connectivity index (χ3v) is 5.73. The average molecular weight is 326 g/mol. The molecule has 0 spiro atoms. The van der Waals surface area contributed by atoms with Gasteiger partial charge in [0.05, 0.1) is 5.75 Å². The maximum atomic E-state index is 12.2. The lowest BCUT2D eigenvalue weighted by atomic mass is 9.99. The fraction of sp³-hybridized carbons (Fsp3) is 0.533. The second kappa shape index (κ2) is 6.85. The van der Waals surface area contributed by atoms with Gasteiger partial charge in [0.1, 0.15) is 4.99 Å². The lowest BCUT2D eigenvalue weighted by Gasteiger charge is -2.16. The number of hydrogen-bond donors (Lipinski definition) is 2. The molecule has 2 unspecified atom stereocenters. The van der Waals surface area contributed by atoms with Gasteiger partial charge in [-0.25, -0.2) is 13.1 Å². The average Bonchev–Trinajstić information content (AvgIpc) is 2.82. The van der Waals surface area contributed by atoms with Crippen LogP contribution in [-0.4, -0.2) is 20.0 Å². The molecule has 0 radical (unpaired) electrons. The van der Waals surface area contributed by atoms with Gasteiger partial charge in [0.25, 0.3) is 0 Å². The van der Waals surface area contributed by atoms with E-state index in [0.29, 0.717) is 29.5 Å². The number of sulfonamides is 1. The summed E-state index contributed by atoms with van der Waals surface area (Å²) in [7, 11) is -3.32. The molecule has 0 aliphatic heterocycles. The standard InChI is InChI=1S/C15H22N2O2S2/c1-11-4-2-7-14(11)9-17-21(18,19)10-12-5-3-6-13(8-12)15(16)20/h3,5-6,8,11,14,17H,2,4,7,9-10H2,1H3,(H2,16,20). The molecule has 1 aromatic rings. The highest BCUT2D eigenvalue weighted by Crippen LogP contribution is 2.30. The molecule has 2 rings (SSSR count). The number of thiocarbonyl (C=S) groups is 1. The lowest BCUT2D eigenvalue weighted by molar-refractivity contribution is 0.414. The molecule has 1 aliphatic carbocycles. The summed E-state index contributed by atoms with van der Waals surface area (Å²) in [6.45, 7) is 2.73. The Morgan fingerprint density at radius 2 is 2.19 bits per heavy atom. The van der Waals surface area contributed by atoms with Gasteiger partial charge in [-0.1, -0.05) is 50.2 Å². The van der Waals surface area contributed by atoms with Crippen molar-refractivity contribution in [1.29, 1.82) is 0 Å². The lowest BCUT2D eigenvalue weighted by Crippen LogP contribution is -2.31. The molecule has 1 fully saturated rings. The maximum Gasteiger partial charge on any atom is 0.215 e. The zero-order valence-electron chi connectivity index (χ0n) is 12.2. The fourth-order valence-electron chi connectivity index (χ4n) is 2.84. The van der Waals surface area contributed by atoms with Crippen molar-refractivity contribution in [3.8, 4) is 0 Å². The van der Waals surface area contributed by atoms with Gasteiger partial charge in [-0.3, -0.25) is 0 Å². The summed E-state index contributed by atoms with van der Waals surface area (Å²) in [4.78, 5) is 0.280. The summed E-state index contributed by atoms with van der Waals surface area (Å²) in [6, 6.07) is 7.07. The third-order valence-electron chi connectivity index (χ3n) is 4.17. The van der Waals surface area contributed by atoms with Crippen LogP contribution in [0.2, 0.25) is 0 Å². The Kier molecular flexibility index (Phi) is 5.35. The van der Waals surface area contributed by atoms with Gasteiger partial charge >= 0.3 is 0 Å². The summed E-state index contributed by atoms with van der Waals surface area (Å²) in [6.07, 6.45) is 3.51. The second-order valence-corrected chi connectivity index (χ2v) is 8.09. The van der Waals surface area contributed by atoms with E-state index in [4.69, 9.17) is 18.0 Å². The minimum absolute atomic E-state index is 0.0371. The Morgan fingerprint density at radius 1 is 1.43 bits per heavy atom. The smallest absolute Gasteiger partial charge is 0.215 e.